The lowest BCUT2D eigenvalue weighted by Crippen LogP contribution is -2.54. The smallest absolute Gasteiger partial charge is 0.335 e. The summed E-state index contributed by atoms with van der Waals surface area (Å²) in [5.74, 6) is -0.676. The highest BCUT2D eigenvalue weighted by atomic mass is 127. The Kier molecular flexibility index (Phi) is 7.73. The number of nitrogens with zero attached hydrogens (tertiary/aromatic N) is 1. The van der Waals surface area contributed by atoms with Gasteiger partial charge in [0.2, 0.25) is 0 Å². The number of benzene rings is 3. The van der Waals surface area contributed by atoms with Gasteiger partial charge in [-0.2, -0.15) is 0 Å². The second-order valence-electron chi connectivity index (χ2n) is 7.53. The van der Waals surface area contributed by atoms with Gasteiger partial charge < -0.3 is 4.74 Å². The Morgan fingerprint density at radius 3 is 2.32 bits per heavy atom. The van der Waals surface area contributed by atoms with Crippen molar-refractivity contribution >= 4 is 90.7 Å². The number of anilines is 1. The number of nitrogens with one attached hydrogen (secondary N) is 1. The van der Waals surface area contributed by atoms with Crippen LogP contribution in [0.15, 0.2) is 70.7 Å². The zero-order chi connectivity index (χ0) is 24.4. The largest absolute Gasteiger partial charge is 0.487 e. The molecule has 0 aliphatic carbocycles. The monoisotopic (exact) mass is 742 g/mol. The van der Waals surface area contributed by atoms with Crippen LogP contribution < -0.4 is 15.0 Å². The van der Waals surface area contributed by atoms with Crippen LogP contribution in [0, 0.1) is 14.1 Å². The molecule has 0 unspecified atom stereocenters. The Morgan fingerprint density at radius 1 is 1.00 bits per heavy atom. The van der Waals surface area contributed by atoms with Gasteiger partial charge in [-0.3, -0.25) is 14.9 Å². The van der Waals surface area contributed by atoms with E-state index >= 15 is 0 Å². The first-order valence-electron chi connectivity index (χ1n) is 10.1. The minimum atomic E-state index is -0.779. The van der Waals surface area contributed by atoms with Crippen LogP contribution in [0.25, 0.3) is 6.08 Å². The van der Waals surface area contributed by atoms with E-state index in [1.54, 1.807) is 24.3 Å². The molecule has 1 N–H and O–H groups in total. The number of carbonyl (C=O) groups is 3. The van der Waals surface area contributed by atoms with Crippen molar-refractivity contribution in [2.75, 3.05) is 4.90 Å². The number of hydrogen-bond donors (Lipinski definition) is 1. The average molecular weight is 743 g/mol. The Bertz CT molecular complexity index is 1320. The van der Waals surface area contributed by atoms with Gasteiger partial charge >= 0.3 is 6.03 Å². The molecule has 3 aromatic carbocycles. The van der Waals surface area contributed by atoms with Crippen LogP contribution >= 0.6 is 61.1 Å². The minimum Gasteiger partial charge on any atom is -0.487 e. The number of aryl methyl sites for hydroxylation is 1. The molecule has 1 aliphatic heterocycles. The highest BCUT2D eigenvalue weighted by Crippen LogP contribution is 2.31. The van der Waals surface area contributed by atoms with Crippen LogP contribution in [0.3, 0.4) is 0 Å². The SMILES string of the molecule is Cc1cccc(COc2c(I)cc(/C=C3\C(=O)NC(=O)N(c4ccc(Br)cc4)C3=O)cc2I)c1. The van der Waals surface area contributed by atoms with Crippen LogP contribution in [0.4, 0.5) is 10.5 Å². The molecule has 1 aliphatic rings. The summed E-state index contributed by atoms with van der Waals surface area (Å²) in [7, 11) is 0. The Morgan fingerprint density at radius 2 is 1.68 bits per heavy atom. The molecule has 1 heterocycles. The first kappa shape index (κ1) is 24.9. The first-order valence-corrected chi connectivity index (χ1v) is 13.0. The van der Waals surface area contributed by atoms with Crippen LogP contribution in [0.5, 0.6) is 5.75 Å². The number of halogens is 3. The van der Waals surface area contributed by atoms with E-state index in [0.717, 1.165) is 27.8 Å². The van der Waals surface area contributed by atoms with Crippen LogP contribution in [-0.2, 0) is 16.2 Å². The third kappa shape index (κ3) is 5.52. The molecule has 0 saturated carbocycles. The van der Waals surface area contributed by atoms with Gasteiger partial charge in [-0.25, -0.2) is 9.69 Å². The molecule has 0 spiro atoms. The number of urea groups is 1. The van der Waals surface area contributed by atoms with Crippen molar-refractivity contribution in [1.29, 1.82) is 0 Å². The number of carbonyl (C=O) groups excluding carboxylic acids is 3. The number of barbiturate groups is 1. The summed E-state index contributed by atoms with van der Waals surface area (Å²) in [5.41, 5.74) is 3.13. The summed E-state index contributed by atoms with van der Waals surface area (Å²) < 4.78 is 8.55. The number of hydrogen-bond acceptors (Lipinski definition) is 4. The van der Waals surface area contributed by atoms with Crippen molar-refractivity contribution < 1.29 is 19.1 Å². The van der Waals surface area contributed by atoms with Gasteiger partial charge in [0.05, 0.1) is 12.8 Å². The molecule has 4 rings (SSSR count). The van der Waals surface area contributed by atoms with Crippen molar-refractivity contribution in [1.82, 2.24) is 5.32 Å². The molecular weight excluding hydrogens is 726 g/mol. The molecular formula is C25H17BrI2N2O4. The molecule has 0 aromatic heterocycles. The average Bonchev–Trinajstić information content (AvgIpc) is 2.77. The highest BCUT2D eigenvalue weighted by Gasteiger charge is 2.36. The maximum atomic E-state index is 13.1. The number of ether oxygens (including phenoxy) is 1. The van der Waals surface area contributed by atoms with Crippen molar-refractivity contribution in [3.63, 3.8) is 0 Å². The minimum absolute atomic E-state index is 0.123. The topological polar surface area (TPSA) is 75.7 Å². The first-order chi connectivity index (χ1) is 16.2. The van der Waals surface area contributed by atoms with Gasteiger partial charge in [0.25, 0.3) is 11.8 Å². The van der Waals surface area contributed by atoms with Gasteiger partial charge in [-0.15, -0.1) is 0 Å². The second-order valence-corrected chi connectivity index (χ2v) is 10.8. The predicted molar refractivity (Wildman–Crippen MR) is 151 cm³/mol. The Hall–Kier alpha value is -2.25. The van der Waals surface area contributed by atoms with E-state index in [0.29, 0.717) is 17.9 Å². The van der Waals surface area contributed by atoms with Crippen molar-refractivity contribution in [3.8, 4) is 5.75 Å². The molecule has 1 fully saturated rings. The summed E-state index contributed by atoms with van der Waals surface area (Å²) >= 11 is 7.67. The van der Waals surface area contributed by atoms with E-state index in [1.807, 2.05) is 37.3 Å². The summed E-state index contributed by atoms with van der Waals surface area (Å²) in [6, 6.07) is 17.7. The highest BCUT2D eigenvalue weighted by molar-refractivity contribution is 14.1. The quantitative estimate of drug-likeness (QED) is 0.192. The summed E-state index contributed by atoms with van der Waals surface area (Å²) in [6.45, 7) is 2.46. The second kappa shape index (κ2) is 10.6. The zero-order valence-electron chi connectivity index (χ0n) is 17.8. The molecule has 0 atom stereocenters. The van der Waals surface area contributed by atoms with Crippen molar-refractivity contribution in [2.45, 2.75) is 13.5 Å². The maximum absolute atomic E-state index is 13.1. The lowest BCUT2D eigenvalue weighted by Gasteiger charge is -2.26. The number of amides is 4. The van der Waals surface area contributed by atoms with Gasteiger partial charge in [0.1, 0.15) is 17.9 Å². The molecule has 0 radical (unpaired) electrons. The van der Waals surface area contributed by atoms with Gasteiger partial charge in [-0.05, 0) is 106 Å². The predicted octanol–water partition coefficient (Wildman–Crippen LogP) is 6.21. The maximum Gasteiger partial charge on any atom is 0.335 e. The lowest BCUT2D eigenvalue weighted by atomic mass is 10.1. The summed E-state index contributed by atoms with van der Waals surface area (Å²) in [4.78, 5) is 38.9. The fourth-order valence-electron chi connectivity index (χ4n) is 3.41. The van der Waals surface area contributed by atoms with Crippen LogP contribution in [0.2, 0.25) is 0 Å². The van der Waals surface area contributed by atoms with E-state index in [1.165, 1.54) is 11.6 Å². The normalized spacial score (nSPS) is 15.0. The number of rotatable bonds is 5. The molecule has 9 heteroatoms. The van der Waals surface area contributed by atoms with E-state index in [2.05, 4.69) is 72.5 Å². The Balaban J connectivity index is 1.60. The van der Waals surface area contributed by atoms with Crippen LogP contribution in [0.1, 0.15) is 16.7 Å². The van der Waals surface area contributed by atoms with E-state index in [4.69, 9.17) is 4.74 Å². The lowest BCUT2D eigenvalue weighted by molar-refractivity contribution is -0.122. The van der Waals surface area contributed by atoms with Crippen molar-refractivity contribution in [2.24, 2.45) is 0 Å². The van der Waals surface area contributed by atoms with E-state index in [-0.39, 0.29) is 5.57 Å². The summed E-state index contributed by atoms with van der Waals surface area (Å²) in [6.07, 6.45) is 1.49. The Labute approximate surface area is 232 Å². The molecule has 6 nitrogen and oxygen atoms in total. The third-order valence-electron chi connectivity index (χ3n) is 4.98. The molecule has 4 amide bonds. The standard InChI is InChI=1S/C25H17BrI2N2O4/c1-14-3-2-4-15(9-14)13-34-22-20(27)11-16(12-21(22)28)10-19-23(31)29-25(33)30(24(19)32)18-7-5-17(26)6-8-18/h2-12H,13H2,1H3,(H,29,31,33)/b19-10+. The van der Waals surface area contributed by atoms with Crippen LogP contribution in [-0.4, -0.2) is 17.8 Å². The zero-order valence-corrected chi connectivity index (χ0v) is 23.7. The molecule has 34 heavy (non-hydrogen) atoms. The number of imide groups is 2. The van der Waals surface area contributed by atoms with E-state index < -0.39 is 17.8 Å². The third-order valence-corrected chi connectivity index (χ3v) is 7.12. The molecule has 172 valence electrons. The van der Waals surface area contributed by atoms with Crippen molar-refractivity contribution in [3.05, 3.63) is 94.5 Å². The fraction of sp³-hybridized carbons (Fsp3) is 0.0800. The molecule has 3 aromatic rings. The van der Waals surface area contributed by atoms with Gasteiger partial charge in [0.15, 0.2) is 0 Å². The van der Waals surface area contributed by atoms with E-state index in [9.17, 15) is 14.4 Å². The fourth-order valence-corrected chi connectivity index (χ4v) is 5.80. The van der Waals surface area contributed by atoms with Gasteiger partial charge in [0, 0.05) is 4.47 Å². The van der Waals surface area contributed by atoms with Gasteiger partial charge in [-0.1, -0.05) is 45.8 Å². The molecule has 1 saturated heterocycles. The molecule has 0 bridgehead atoms. The summed E-state index contributed by atoms with van der Waals surface area (Å²) in [5, 5.41) is 2.25.